The molecule has 0 saturated heterocycles. The highest BCUT2D eigenvalue weighted by Gasteiger charge is 2.26. The van der Waals surface area contributed by atoms with Gasteiger partial charge in [0.2, 0.25) is 8.32 Å². The Morgan fingerprint density at radius 2 is 1.24 bits per heavy atom. The van der Waals surface area contributed by atoms with Crippen LogP contribution in [0.1, 0.15) is 77.6 Å². The van der Waals surface area contributed by atoms with Crippen LogP contribution in [0.3, 0.4) is 0 Å². The van der Waals surface area contributed by atoms with Crippen LogP contribution in [-0.2, 0) is 13.6 Å². The molecular weight excluding hydrogens is 344 g/mol. The van der Waals surface area contributed by atoms with Crippen molar-refractivity contribution in [2.45, 2.75) is 123 Å². The fourth-order valence-corrected chi connectivity index (χ4v) is 4.92. The number of hydrogen-bond acceptors (Lipinski definition) is 3. The molecule has 0 spiro atoms. The molecule has 0 fully saturated rings. The van der Waals surface area contributed by atoms with Gasteiger partial charge in [-0.15, -0.1) is 0 Å². The normalized spacial score (nSPS) is 13.7. The molecule has 0 N–H and O–H groups in total. The van der Waals surface area contributed by atoms with Gasteiger partial charge in [-0.3, -0.25) is 4.79 Å². The van der Waals surface area contributed by atoms with Gasteiger partial charge in [0.25, 0.3) is 5.97 Å². The van der Waals surface area contributed by atoms with E-state index in [0.717, 1.165) is 12.8 Å². The number of carbonyl (C=O) groups is 1. The van der Waals surface area contributed by atoms with E-state index < -0.39 is 16.6 Å². The molecule has 1 atom stereocenters. The molecule has 0 amide bonds. The summed E-state index contributed by atoms with van der Waals surface area (Å²) in [6.45, 7) is 15.0. The van der Waals surface area contributed by atoms with Crippen LogP contribution in [0, 0.1) is 0 Å². The molecule has 0 bridgehead atoms. The van der Waals surface area contributed by atoms with Gasteiger partial charge in [-0.05, 0) is 45.7 Å². The van der Waals surface area contributed by atoms with E-state index in [0.29, 0.717) is 6.42 Å². The Morgan fingerprint density at radius 1 is 0.760 bits per heavy atom. The molecule has 0 rings (SSSR count). The van der Waals surface area contributed by atoms with Crippen molar-refractivity contribution >= 4 is 22.6 Å². The summed E-state index contributed by atoms with van der Waals surface area (Å²) < 4.78 is 11.9. The molecule has 3 nitrogen and oxygen atoms in total. The molecule has 0 aromatic rings. The van der Waals surface area contributed by atoms with Crippen molar-refractivity contribution in [1.82, 2.24) is 0 Å². The van der Waals surface area contributed by atoms with Crippen LogP contribution in [0.15, 0.2) is 0 Å². The maximum Gasteiger partial charge on any atom is 0.295 e. The lowest BCUT2D eigenvalue weighted by Gasteiger charge is -2.27. The van der Waals surface area contributed by atoms with Crippen LogP contribution in [0.2, 0.25) is 39.3 Å². The fourth-order valence-electron chi connectivity index (χ4n) is 2.95. The first-order valence-corrected chi connectivity index (χ1v) is 17.2. The summed E-state index contributed by atoms with van der Waals surface area (Å²) in [4.78, 5) is 12.2. The Labute approximate surface area is 159 Å². The lowest BCUT2D eigenvalue weighted by molar-refractivity contribution is -0.137. The quantitative estimate of drug-likeness (QED) is 0.226. The smallest absolute Gasteiger partial charge is 0.295 e. The van der Waals surface area contributed by atoms with E-state index in [1.807, 2.05) is 0 Å². The third-order valence-corrected chi connectivity index (χ3v) is 5.84. The topological polar surface area (TPSA) is 35.5 Å². The second-order valence-corrected chi connectivity index (χ2v) is 18.1. The van der Waals surface area contributed by atoms with E-state index in [2.05, 4.69) is 46.2 Å². The Hall–Kier alpha value is -0.136. The zero-order valence-corrected chi connectivity index (χ0v) is 20.1. The second-order valence-electron chi connectivity index (χ2n) is 9.26. The highest BCUT2D eigenvalue weighted by atomic mass is 28.4. The van der Waals surface area contributed by atoms with Gasteiger partial charge in [-0.2, -0.15) is 0 Å². The van der Waals surface area contributed by atoms with Crippen LogP contribution in [-0.4, -0.2) is 28.7 Å². The SMILES string of the molecule is CCCCCCCCCCC[C@H](CC(=O)O[Si](C)(C)C)O[Si](C)(C)C. The molecule has 0 aliphatic rings. The van der Waals surface area contributed by atoms with Gasteiger partial charge >= 0.3 is 0 Å². The van der Waals surface area contributed by atoms with Crippen molar-refractivity contribution in [2.75, 3.05) is 0 Å². The summed E-state index contributed by atoms with van der Waals surface area (Å²) in [6, 6.07) is 0. The summed E-state index contributed by atoms with van der Waals surface area (Å²) in [5.74, 6) is -0.0710. The van der Waals surface area contributed by atoms with Crippen LogP contribution in [0.4, 0.5) is 0 Å². The molecule has 0 aliphatic carbocycles. The minimum atomic E-state index is -1.80. The molecule has 0 saturated carbocycles. The minimum Gasteiger partial charge on any atom is -0.520 e. The Kier molecular flexibility index (Phi) is 13.0. The molecule has 0 unspecified atom stereocenters. The van der Waals surface area contributed by atoms with Gasteiger partial charge in [-0.1, -0.05) is 64.7 Å². The van der Waals surface area contributed by atoms with Crippen molar-refractivity contribution < 1.29 is 13.6 Å². The number of carbonyl (C=O) groups excluding carboxylic acids is 1. The summed E-state index contributed by atoms with van der Waals surface area (Å²) >= 11 is 0. The largest absolute Gasteiger partial charge is 0.520 e. The molecule has 5 heteroatoms. The molecule has 150 valence electrons. The first kappa shape index (κ1) is 24.9. The molecule has 0 aromatic carbocycles. The second kappa shape index (κ2) is 13.1. The highest BCUT2D eigenvalue weighted by Crippen LogP contribution is 2.19. The summed E-state index contributed by atoms with van der Waals surface area (Å²) in [5, 5.41) is 0. The van der Waals surface area contributed by atoms with E-state index in [9.17, 15) is 4.79 Å². The van der Waals surface area contributed by atoms with Crippen molar-refractivity contribution in [3.8, 4) is 0 Å². The highest BCUT2D eigenvalue weighted by molar-refractivity contribution is 6.71. The summed E-state index contributed by atoms with van der Waals surface area (Å²) in [6.07, 6.45) is 13.4. The summed E-state index contributed by atoms with van der Waals surface area (Å²) in [5.41, 5.74) is 0. The number of hydrogen-bond donors (Lipinski definition) is 0. The van der Waals surface area contributed by atoms with E-state index in [4.69, 9.17) is 8.85 Å². The van der Waals surface area contributed by atoms with Gasteiger partial charge < -0.3 is 8.85 Å². The predicted molar refractivity (Wildman–Crippen MR) is 114 cm³/mol. The predicted octanol–water partition coefficient (Wildman–Crippen LogP) is 6.90. The Bertz CT molecular complexity index is 346. The monoisotopic (exact) mass is 388 g/mol. The van der Waals surface area contributed by atoms with Gasteiger partial charge in [0.1, 0.15) is 0 Å². The van der Waals surface area contributed by atoms with Gasteiger partial charge in [0.05, 0.1) is 12.5 Å². The molecule has 0 aliphatic heterocycles. The van der Waals surface area contributed by atoms with Crippen molar-refractivity contribution in [3.63, 3.8) is 0 Å². The standard InChI is InChI=1S/C20H44O3Si2/c1-8-9-10-11-12-13-14-15-16-17-19(22-24(2,3)4)18-20(21)23-25(5,6)7/h19H,8-18H2,1-7H3/t19-/m1/s1. The summed E-state index contributed by atoms with van der Waals surface area (Å²) in [7, 11) is -3.44. The molecule has 0 radical (unpaired) electrons. The van der Waals surface area contributed by atoms with Crippen LogP contribution < -0.4 is 0 Å². The Balaban J connectivity index is 4.06. The average molecular weight is 389 g/mol. The molecule has 0 heterocycles. The molecular formula is C20H44O3Si2. The van der Waals surface area contributed by atoms with E-state index in [1.54, 1.807) is 0 Å². The number of rotatable bonds is 15. The van der Waals surface area contributed by atoms with Crippen molar-refractivity contribution in [2.24, 2.45) is 0 Å². The van der Waals surface area contributed by atoms with Gasteiger partial charge in [0.15, 0.2) is 8.32 Å². The maximum atomic E-state index is 12.2. The van der Waals surface area contributed by atoms with Gasteiger partial charge in [0, 0.05) is 0 Å². The van der Waals surface area contributed by atoms with Crippen LogP contribution in [0.25, 0.3) is 0 Å². The third kappa shape index (κ3) is 18.5. The van der Waals surface area contributed by atoms with Crippen LogP contribution in [0.5, 0.6) is 0 Å². The number of unbranched alkanes of at least 4 members (excludes halogenated alkanes) is 8. The molecule has 0 aromatic heterocycles. The maximum absolute atomic E-state index is 12.2. The lowest BCUT2D eigenvalue weighted by atomic mass is 10.0. The van der Waals surface area contributed by atoms with Crippen molar-refractivity contribution in [1.29, 1.82) is 0 Å². The van der Waals surface area contributed by atoms with E-state index >= 15 is 0 Å². The Morgan fingerprint density at radius 3 is 1.68 bits per heavy atom. The zero-order valence-electron chi connectivity index (χ0n) is 18.1. The molecule has 25 heavy (non-hydrogen) atoms. The van der Waals surface area contributed by atoms with E-state index in [-0.39, 0.29) is 12.1 Å². The fraction of sp³-hybridized carbons (Fsp3) is 0.950. The minimum absolute atomic E-state index is 0.0417. The van der Waals surface area contributed by atoms with E-state index in [1.165, 1.54) is 51.4 Å². The van der Waals surface area contributed by atoms with Crippen molar-refractivity contribution in [3.05, 3.63) is 0 Å². The van der Waals surface area contributed by atoms with Gasteiger partial charge in [-0.25, -0.2) is 0 Å². The first-order valence-electron chi connectivity index (χ1n) is 10.4. The zero-order chi connectivity index (χ0) is 19.3. The lowest BCUT2D eigenvalue weighted by Crippen LogP contribution is -2.36. The third-order valence-electron chi connectivity index (χ3n) is 3.96. The van der Waals surface area contributed by atoms with Crippen LogP contribution >= 0.6 is 0 Å². The first-order chi connectivity index (χ1) is 11.5. The average Bonchev–Trinajstić information content (AvgIpc) is 2.41.